The van der Waals surface area contributed by atoms with E-state index in [1.165, 1.54) is 12.1 Å². The molecule has 0 bridgehead atoms. The second kappa shape index (κ2) is 5.22. The number of hydrogen-bond acceptors (Lipinski definition) is 4. The van der Waals surface area contributed by atoms with Crippen LogP contribution in [0.1, 0.15) is 25.3 Å². The Kier molecular flexibility index (Phi) is 3.37. The standard InChI is InChI=1S/C18H16O4/c1-10(2)17-14(19)8-12(9-15(17)20)13-7-11-5-3-4-6-16(11)22-18(13)21/h3-10,19-20H,1-2H3. The predicted octanol–water partition coefficient (Wildman–Crippen LogP) is 3.99. The minimum Gasteiger partial charge on any atom is -0.507 e. The third kappa shape index (κ3) is 2.33. The van der Waals surface area contributed by atoms with Crippen molar-refractivity contribution in [2.45, 2.75) is 19.8 Å². The van der Waals surface area contributed by atoms with Crippen molar-refractivity contribution in [3.05, 3.63) is 58.4 Å². The molecule has 0 atom stereocenters. The summed E-state index contributed by atoms with van der Waals surface area (Å²) in [6, 6.07) is 11.9. The Balaban J connectivity index is 2.24. The van der Waals surface area contributed by atoms with Gasteiger partial charge in [-0.25, -0.2) is 4.79 Å². The first-order chi connectivity index (χ1) is 10.5. The molecule has 3 aromatic rings. The molecule has 0 amide bonds. The molecular formula is C18H16O4. The summed E-state index contributed by atoms with van der Waals surface area (Å²) >= 11 is 0. The lowest BCUT2D eigenvalue weighted by atomic mass is 9.96. The van der Waals surface area contributed by atoms with Gasteiger partial charge >= 0.3 is 5.63 Å². The zero-order chi connectivity index (χ0) is 15.9. The quantitative estimate of drug-likeness (QED) is 0.701. The van der Waals surface area contributed by atoms with Crippen molar-refractivity contribution in [2.75, 3.05) is 0 Å². The van der Waals surface area contributed by atoms with Crippen molar-refractivity contribution in [1.82, 2.24) is 0 Å². The first-order valence-corrected chi connectivity index (χ1v) is 7.06. The van der Waals surface area contributed by atoms with Crippen molar-refractivity contribution in [3.63, 3.8) is 0 Å². The van der Waals surface area contributed by atoms with Crippen LogP contribution in [0.25, 0.3) is 22.1 Å². The predicted molar refractivity (Wildman–Crippen MR) is 85.3 cm³/mol. The summed E-state index contributed by atoms with van der Waals surface area (Å²) in [7, 11) is 0. The topological polar surface area (TPSA) is 70.7 Å². The molecule has 1 heterocycles. The van der Waals surface area contributed by atoms with Crippen molar-refractivity contribution < 1.29 is 14.6 Å². The second-order valence-corrected chi connectivity index (χ2v) is 5.57. The molecule has 0 aliphatic rings. The number of phenolic OH excluding ortho intramolecular Hbond substituents is 2. The zero-order valence-corrected chi connectivity index (χ0v) is 12.3. The fourth-order valence-electron chi connectivity index (χ4n) is 2.63. The van der Waals surface area contributed by atoms with Gasteiger partial charge in [-0.15, -0.1) is 0 Å². The van der Waals surface area contributed by atoms with E-state index >= 15 is 0 Å². The van der Waals surface area contributed by atoms with Gasteiger partial charge in [0.05, 0.1) is 5.56 Å². The van der Waals surface area contributed by atoms with Crippen LogP contribution < -0.4 is 5.63 Å². The molecule has 22 heavy (non-hydrogen) atoms. The molecule has 1 aromatic heterocycles. The summed E-state index contributed by atoms with van der Waals surface area (Å²) in [5.74, 6) is -0.0859. The molecule has 0 fully saturated rings. The van der Waals surface area contributed by atoms with E-state index in [4.69, 9.17) is 4.42 Å². The smallest absolute Gasteiger partial charge is 0.344 e. The third-order valence-corrected chi connectivity index (χ3v) is 3.67. The monoisotopic (exact) mass is 296 g/mol. The van der Waals surface area contributed by atoms with Crippen LogP contribution in [-0.4, -0.2) is 10.2 Å². The van der Waals surface area contributed by atoms with E-state index < -0.39 is 5.63 Å². The lowest BCUT2D eigenvalue weighted by molar-refractivity contribution is 0.434. The van der Waals surface area contributed by atoms with Crippen molar-refractivity contribution >= 4 is 11.0 Å². The molecule has 4 heteroatoms. The van der Waals surface area contributed by atoms with Crippen molar-refractivity contribution in [3.8, 4) is 22.6 Å². The summed E-state index contributed by atoms with van der Waals surface area (Å²) in [5.41, 5.74) is 1.20. The molecule has 0 saturated carbocycles. The Bertz CT molecular complexity index is 883. The molecule has 0 spiro atoms. The van der Waals surface area contributed by atoms with Gasteiger partial charge in [-0.05, 0) is 35.7 Å². The summed E-state index contributed by atoms with van der Waals surface area (Å²) in [6.07, 6.45) is 0. The van der Waals surface area contributed by atoms with Crippen LogP contribution in [0.2, 0.25) is 0 Å². The Morgan fingerprint density at radius 3 is 2.27 bits per heavy atom. The highest BCUT2D eigenvalue weighted by molar-refractivity contribution is 5.82. The van der Waals surface area contributed by atoms with Gasteiger partial charge in [0.15, 0.2) is 0 Å². The molecule has 2 N–H and O–H groups in total. The Morgan fingerprint density at radius 2 is 1.64 bits per heavy atom. The minimum atomic E-state index is -0.505. The largest absolute Gasteiger partial charge is 0.507 e. The highest BCUT2D eigenvalue weighted by Gasteiger charge is 2.16. The Labute approximate surface area is 127 Å². The Morgan fingerprint density at radius 1 is 1.00 bits per heavy atom. The number of para-hydroxylation sites is 1. The maximum Gasteiger partial charge on any atom is 0.344 e. The lowest BCUT2D eigenvalue weighted by Crippen LogP contribution is -2.03. The van der Waals surface area contributed by atoms with E-state index in [1.807, 2.05) is 26.0 Å². The molecule has 112 valence electrons. The number of phenols is 2. The average molecular weight is 296 g/mol. The van der Waals surface area contributed by atoms with E-state index in [-0.39, 0.29) is 17.4 Å². The van der Waals surface area contributed by atoms with Gasteiger partial charge in [-0.1, -0.05) is 32.0 Å². The summed E-state index contributed by atoms with van der Waals surface area (Å²) in [5, 5.41) is 21.0. The highest BCUT2D eigenvalue weighted by atomic mass is 16.4. The molecule has 0 unspecified atom stereocenters. The summed E-state index contributed by atoms with van der Waals surface area (Å²) < 4.78 is 5.29. The highest BCUT2D eigenvalue weighted by Crippen LogP contribution is 2.37. The van der Waals surface area contributed by atoms with Crippen molar-refractivity contribution in [1.29, 1.82) is 0 Å². The number of fused-ring (bicyclic) bond motifs is 1. The van der Waals surface area contributed by atoms with Crippen LogP contribution in [0.5, 0.6) is 11.5 Å². The molecule has 3 rings (SSSR count). The maximum atomic E-state index is 12.1. The summed E-state index contributed by atoms with van der Waals surface area (Å²) in [6.45, 7) is 3.75. The summed E-state index contributed by atoms with van der Waals surface area (Å²) in [4.78, 5) is 12.1. The van der Waals surface area contributed by atoms with E-state index in [9.17, 15) is 15.0 Å². The van der Waals surface area contributed by atoms with E-state index in [0.717, 1.165) is 5.39 Å². The average Bonchev–Trinajstić information content (AvgIpc) is 2.45. The van der Waals surface area contributed by atoms with E-state index in [1.54, 1.807) is 18.2 Å². The SMILES string of the molecule is CC(C)c1c(O)cc(-c2cc3ccccc3oc2=O)cc1O. The Hall–Kier alpha value is -2.75. The number of hydrogen-bond donors (Lipinski definition) is 2. The fourth-order valence-corrected chi connectivity index (χ4v) is 2.63. The molecule has 4 nitrogen and oxygen atoms in total. The molecule has 2 aromatic carbocycles. The van der Waals surface area contributed by atoms with Crippen LogP contribution >= 0.6 is 0 Å². The maximum absolute atomic E-state index is 12.1. The molecule has 0 aliphatic heterocycles. The number of rotatable bonds is 2. The lowest BCUT2D eigenvalue weighted by Gasteiger charge is -2.12. The minimum absolute atomic E-state index is 0.0259. The second-order valence-electron chi connectivity index (χ2n) is 5.57. The first kappa shape index (κ1) is 14.2. The van der Waals surface area contributed by atoms with Crippen molar-refractivity contribution in [2.24, 2.45) is 0 Å². The fraction of sp³-hybridized carbons (Fsp3) is 0.167. The van der Waals surface area contributed by atoms with Crippen LogP contribution in [0, 0.1) is 0 Å². The van der Waals surface area contributed by atoms with Crippen LogP contribution in [0.3, 0.4) is 0 Å². The third-order valence-electron chi connectivity index (χ3n) is 3.67. The molecule has 0 aliphatic carbocycles. The van der Waals surface area contributed by atoms with Gasteiger partial charge in [0.1, 0.15) is 17.1 Å². The number of benzene rings is 2. The van der Waals surface area contributed by atoms with Crippen LogP contribution in [0.4, 0.5) is 0 Å². The molecule has 0 saturated heterocycles. The molecule has 0 radical (unpaired) electrons. The van der Waals surface area contributed by atoms with E-state index in [2.05, 4.69) is 0 Å². The van der Waals surface area contributed by atoms with Crippen LogP contribution in [-0.2, 0) is 0 Å². The van der Waals surface area contributed by atoms with Gasteiger partial charge < -0.3 is 14.6 Å². The first-order valence-electron chi connectivity index (χ1n) is 7.06. The van der Waals surface area contributed by atoms with Gasteiger partial charge in [0, 0.05) is 10.9 Å². The van der Waals surface area contributed by atoms with Gasteiger partial charge in [0.2, 0.25) is 0 Å². The van der Waals surface area contributed by atoms with Gasteiger partial charge in [0.25, 0.3) is 0 Å². The number of aromatic hydroxyl groups is 2. The van der Waals surface area contributed by atoms with E-state index in [0.29, 0.717) is 22.3 Å². The zero-order valence-electron chi connectivity index (χ0n) is 12.3. The molecular weight excluding hydrogens is 280 g/mol. The normalized spacial score (nSPS) is 11.2. The van der Waals surface area contributed by atoms with Crippen LogP contribution in [0.15, 0.2) is 51.7 Å². The van der Waals surface area contributed by atoms with Gasteiger partial charge in [-0.3, -0.25) is 0 Å². The van der Waals surface area contributed by atoms with Gasteiger partial charge in [-0.2, -0.15) is 0 Å².